The molecule has 1 N–H and O–H groups in total. The summed E-state index contributed by atoms with van der Waals surface area (Å²) in [6.07, 6.45) is 0. The highest BCUT2D eigenvalue weighted by atomic mass is 32.2. The molecular formula is C22H22N2O2S. The van der Waals surface area contributed by atoms with E-state index >= 15 is 0 Å². The number of sulfonamides is 1. The third-order valence-corrected chi connectivity index (χ3v) is 5.70. The van der Waals surface area contributed by atoms with E-state index < -0.39 is 10.0 Å². The van der Waals surface area contributed by atoms with Crippen molar-refractivity contribution in [1.29, 1.82) is 0 Å². The fourth-order valence-corrected chi connectivity index (χ4v) is 4.04. The van der Waals surface area contributed by atoms with Crippen LogP contribution in [0.5, 0.6) is 0 Å². The predicted octanol–water partition coefficient (Wildman–Crippen LogP) is 4.86. The molecule has 0 heterocycles. The normalized spacial score (nSPS) is 12.0. The van der Waals surface area contributed by atoms with Gasteiger partial charge in [0.15, 0.2) is 5.84 Å². The molecule has 0 aliphatic heterocycles. The quantitative estimate of drug-likeness (QED) is 0.521. The average Bonchev–Trinajstić information content (AvgIpc) is 2.63. The molecule has 0 amide bonds. The number of rotatable bonds is 4. The summed E-state index contributed by atoms with van der Waals surface area (Å²) in [7, 11) is -3.86. The first-order chi connectivity index (χ1) is 12.9. The molecule has 0 saturated carbocycles. The highest BCUT2D eigenvalue weighted by molar-refractivity contribution is 7.90. The van der Waals surface area contributed by atoms with Gasteiger partial charge in [-0.2, -0.15) is 8.42 Å². The van der Waals surface area contributed by atoms with E-state index in [0.29, 0.717) is 17.0 Å². The number of amidine groups is 1. The maximum absolute atomic E-state index is 13.0. The molecule has 0 fully saturated rings. The summed E-state index contributed by atoms with van der Waals surface area (Å²) >= 11 is 0. The molecule has 0 aliphatic carbocycles. The van der Waals surface area contributed by atoms with Crippen molar-refractivity contribution < 1.29 is 8.42 Å². The fraction of sp³-hybridized carbons (Fsp3) is 0.136. The third kappa shape index (κ3) is 4.44. The highest BCUT2D eigenvalue weighted by Gasteiger charge is 2.18. The average molecular weight is 378 g/mol. The van der Waals surface area contributed by atoms with Gasteiger partial charge in [-0.15, -0.1) is 4.40 Å². The van der Waals surface area contributed by atoms with Crippen LogP contribution in [0.25, 0.3) is 0 Å². The second kappa shape index (κ2) is 7.76. The maximum Gasteiger partial charge on any atom is 0.284 e. The molecule has 3 aromatic rings. The smallest absolute Gasteiger partial charge is 0.284 e. The molecule has 3 rings (SSSR count). The summed E-state index contributed by atoms with van der Waals surface area (Å²) in [4.78, 5) is 0.216. The van der Waals surface area contributed by atoms with Crippen LogP contribution in [0.2, 0.25) is 0 Å². The van der Waals surface area contributed by atoms with Crippen LogP contribution in [0.15, 0.2) is 82.1 Å². The monoisotopic (exact) mass is 378 g/mol. The second-order valence-corrected chi connectivity index (χ2v) is 8.06. The minimum absolute atomic E-state index is 0.216. The number of anilines is 1. The van der Waals surface area contributed by atoms with Gasteiger partial charge in [0.1, 0.15) is 0 Å². The van der Waals surface area contributed by atoms with Crippen molar-refractivity contribution in [2.75, 3.05) is 5.32 Å². The Morgan fingerprint density at radius 3 is 2.15 bits per heavy atom. The first-order valence-corrected chi connectivity index (χ1v) is 10.1. The van der Waals surface area contributed by atoms with Crippen LogP contribution in [-0.4, -0.2) is 14.3 Å². The minimum Gasteiger partial charge on any atom is -0.339 e. The van der Waals surface area contributed by atoms with Gasteiger partial charge in [0, 0.05) is 11.3 Å². The summed E-state index contributed by atoms with van der Waals surface area (Å²) in [5.74, 6) is 0.296. The van der Waals surface area contributed by atoms with E-state index in [-0.39, 0.29) is 4.90 Å². The van der Waals surface area contributed by atoms with Crippen LogP contribution in [0.3, 0.4) is 0 Å². The Kier molecular flexibility index (Phi) is 5.42. The molecule has 3 aromatic carbocycles. The SMILES string of the molecule is Cc1ccc(S(=O)(=O)/N=C(\Nc2ccccc2C)c2ccccc2)c(C)c1. The Labute approximate surface area is 160 Å². The number of benzene rings is 3. The van der Waals surface area contributed by atoms with E-state index in [1.54, 1.807) is 19.1 Å². The number of nitrogens with zero attached hydrogens (tertiary/aromatic N) is 1. The Hall–Kier alpha value is -2.92. The van der Waals surface area contributed by atoms with Crippen molar-refractivity contribution in [3.8, 4) is 0 Å². The highest BCUT2D eigenvalue weighted by Crippen LogP contribution is 2.21. The zero-order valence-corrected chi connectivity index (χ0v) is 16.4. The summed E-state index contributed by atoms with van der Waals surface area (Å²) in [6, 6.07) is 22.2. The molecule has 0 bridgehead atoms. The first kappa shape index (κ1) is 18.9. The van der Waals surface area contributed by atoms with Gasteiger partial charge < -0.3 is 5.32 Å². The second-order valence-electron chi connectivity index (χ2n) is 6.49. The number of hydrogen-bond acceptors (Lipinski definition) is 2. The summed E-state index contributed by atoms with van der Waals surface area (Å²) in [5.41, 5.74) is 4.22. The number of aryl methyl sites for hydroxylation is 3. The molecule has 0 aliphatic rings. The molecule has 0 unspecified atom stereocenters. The number of para-hydroxylation sites is 1. The first-order valence-electron chi connectivity index (χ1n) is 8.67. The lowest BCUT2D eigenvalue weighted by Gasteiger charge is -2.13. The van der Waals surface area contributed by atoms with Gasteiger partial charge in [-0.25, -0.2) is 0 Å². The molecule has 27 heavy (non-hydrogen) atoms. The number of nitrogens with one attached hydrogen (secondary N) is 1. The van der Waals surface area contributed by atoms with Gasteiger partial charge >= 0.3 is 0 Å². The zero-order valence-electron chi connectivity index (χ0n) is 15.6. The molecule has 0 aromatic heterocycles. The van der Waals surface area contributed by atoms with E-state index in [4.69, 9.17) is 0 Å². The Bertz CT molecular complexity index is 1090. The van der Waals surface area contributed by atoms with Crippen LogP contribution in [-0.2, 0) is 10.0 Å². The fourth-order valence-electron chi connectivity index (χ4n) is 2.84. The Morgan fingerprint density at radius 2 is 1.48 bits per heavy atom. The van der Waals surface area contributed by atoms with Gasteiger partial charge in [-0.3, -0.25) is 0 Å². The molecule has 0 radical (unpaired) electrons. The van der Waals surface area contributed by atoms with Crippen molar-refractivity contribution in [3.63, 3.8) is 0 Å². The molecule has 0 saturated heterocycles. The molecule has 0 spiro atoms. The van der Waals surface area contributed by atoms with Crippen molar-refractivity contribution in [1.82, 2.24) is 0 Å². The topological polar surface area (TPSA) is 58.5 Å². The molecular weight excluding hydrogens is 356 g/mol. The molecule has 0 atom stereocenters. The van der Waals surface area contributed by atoms with E-state index in [2.05, 4.69) is 9.71 Å². The van der Waals surface area contributed by atoms with E-state index in [0.717, 1.165) is 16.8 Å². The van der Waals surface area contributed by atoms with E-state index in [1.165, 1.54) is 0 Å². The predicted molar refractivity (Wildman–Crippen MR) is 111 cm³/mol. The summed E-state index contributed by atoms with van der Waals surface area (Å²) in [6.45, 7) is 5.68. The molecule has 5 heteroatoms. The lowest BCUT2D eigenvalue weighted by molar-refractivity contribution is 0.597. The van der Waals surface area contributed by atoms with Crippen LogP contribution < -0.4 is 5.32 Å². The van der Waals surface area contributed by atoms with Gasteiger partial charge in [0.25, 0.3) is 10.0 Å². The van der Waals surface area contributed by atoms with Crippen LogP contribution in [0, 0.1) is 20.8 Å². The van der Waals surface area contributed by atoms with Gasteiger partial charge in [0.05, 0.1) is 4.90 Å². The van der Waals surface area contributed by atoms with Gasteiger partial charge in [-0.1, -0.05) is 66.2 Å². The van der Waals surface area contributed by atoms with Crippen LogP contribution in [0.1, 0.15) is 22.3 Å². The maximum atomic E-state index is 13.0. The largest absolute Gasteiger partial charge is 0.339 e. The van der Waals surface area contributed by atoms with Crippen LogP contribution >= 0.6 is 0 Å². The summed E-state index contributed by atoms with van der Waals surface area (Å²) < 4.78 is 30.1. The lowest BCUT2D eigenvalue weighted by Crippen LogP contribution is -2.17. The Balaban J connectivity index is 2.11. The lowest BCUT2D eigenvalue weighted by atomic mass is 10.1. The van der Waals surface area contributed by atoms with Gasteiger partial charge in [-0.05, 0) is 44.0 Å². The molecule has 138 valence electrons. The number of hydrogen-bond donors (Lipinski definition) is 1. The standard InChI is InChI=1S/C22H22N2O2S/c1-16-13-14-21(18(3)15-16)27(25,26)24-22(19-10-5-4-6-11-19)23-20-12-8-7-9-17(20)2/h4-15H,1-3H3,(H,23,24). The van der Waals surface area contributed by atoms with Crippen molar-refractivity contribution in [2.24, 2.45) is 4.40 Å². The molecule has 4 nitrogen and oxygen atoms in total. The van der Waals surface area contributed by atoms with Crippen LogP contribution in [0.4, 0.5) is 5.69 Å². The van der Waals surface area contributed by atoms with E-state index in [9.17, 15) is 8.42 Å². The Morgan fingerprint density at radius 1 is 0.815 bits per heavy atom. The summed E-state index contributed by atoms with van der Waals surface area (Å²) in [5, 5.41) is 3.19. The third-order valence-electron chi connectivity index (χ3n) is 4.27. The van der Waals surface area contributed by atoms with Crippen molar-refractivity contribution in [2.45, 2.75) is 25.7 Å². The van der Waals surface area contributed by atoms with E-state index in [1.807, 2.05) is 74.5 Å². The van der Waals surface area contributed by atoms with Crippen molar-refractivity contribution in [3.05, 3.63) is 95.1 Å². The zero-order chi connectivity index (χ0) is 19.4. The van der Waals surface area contributed by atoms with Gasteiger partial charge in [0.2, 0.25) is 0 Å². The minimum atomic E-state index is -3.86. The van der Waals surface area contributed by atoms with Crippen molar-refractivity contribution >= 4 is 21.5 Å².